The van der Waals surface area contributed by atoms with Gasteiger partial charge in [-0.05, 0) is 40.3 Å². The molecule has 3 rings (SSSR count). The van der Waals surface area contributed by atoms with Gasteiger partial charge in [-0.25, -0.2) is 9.48 Å². The number of tetrazole rings is 1. The van der Waals surface area contributed by atoms with E-state index in [0.717, 1.165) is 11.3 Å². The summed E-state index contributed by atoms with van der Waals surface area (Å²) < 4.78 is 6.77. The van der Waals surface area contributed by atoms with E-state index in [9.17, 15) is 4.79 Å². The fourth-order valence-corrected chi connectivity index (χ4v) is 1.84. The van der Waals surface area contributed by atoms with Crippen molar-refractivity contribution in [3.63, 3.8) is 0 Å². The first-order valence-electron chi connectivity index (χ1n) is 6.37. The number of ether oxygens (including phenoxy) is 1. The molecule has 21 heavy (non-hydrogen) atoms. The quantitative estimate of drug-likeness (QED) is 0.684. The van der Waals surface area contributed by atoms with Crippen LogP contribution >= 0.6 is 0 Å². The normalized spacial score (nSPS) is 10.3. The zero-order valence-electron chi connectivity index (χ0n) is 11.1. The Morgan fingerprint density at radius 3 is 2.48 bits per heavy atom. The molecule has 0 bridgehead atoms. The molecule has 0 atom stereocenters. The molecule has 1 heterocycles. The standard InChI is InChI=1S/C15H12N4O2/c20-15(21-10-12-4-2-1-3-5-12)13-6-8-14(9-7-13)19-11-16-17-18-19/h1-9,11H,10H2. The summed E-state index contributed by atoms with van der Waals surface area (Å²) in [5.74, 6) is -0.359. The topological polar surface area (TPSA) is 69.9 Å². The molecule has 0 aliphatic heterocycles. The Hall–Kier alpha value is -3.02. The molecule has 0 saturated heterocycles. The smallest absolute Gasteiger partial charge is 0.338 e. The number of nitrogens with zero attached hydrogens (tertiary/aromatic N) is 4. The van der Waals surface area contributed by atoms with Crippen molar-refractivity contribution < 1.29 is 9.53 Å². The molecule has 0 aliphatic carbocycles. The average Bonchev–Trinajstić information content (AvgIpc) is 3.08. The summed E-state index contributed by atoms with van der Waals surface area (Å²) in [6.07, 6.45) is 1.49. The lowest BCUT2D eigenvalue weighted by molar-refractivity contribution is 0.0472. The van der Waals surface area contributed by atoms with E-state index in [-0.39, 0.29) is 12.6 Å². The van der Waals surface area contributed by atoms with Crippen LogP contribution in [0.15, 0.2) is 60.9 Å². The van der Waals surface area contributed by atoms with Crippen LogP contribution in [0.25, 0.3) is 5.69 Å². The molecule has 0 saturated carbocycles. The van der Waals surface area contributed by atoms with Gasteiger partial charge in [0.15, 0.2) is 0 Å². The van der Waals surface area contributed by atoms with E-state index in [4.69, 9.17) is 4.74 Å². The summed E-state index contributed by atoms with van der Waals surface area (Å²) >= 11 is 0. The molecule has 0 fully saturated rings. The van der Waals surface area contributed by atoms with Crippen molar-refractivity contribution in [2.24, 2.45) is 0 Å². The van der Waals surface area contributed by atoms with Crippen molar-refractivity contribution in [1.82, 2.24) is 20.2 Å². The van der Waals surface area contributed by atoms with Gasteiger partial charge in [-0.1, -0.05) is 30.3 Å². The lowest BCUT2D eigenvalue weighted by Gasteiger charge is -2.05. The number of benzene rings is 2. The van der Waals surface area contributed by atoms with Crippen LogP contribution in [0.1, 0.15) is 15.9 Å². The second-order valence-electron chi connectivity index (χ2n) is 4.36. The third-order valence-electron chi connectivity index (χ3n) is 2.93. The highest BCUT2D eigenvalue weighted by atomic mass is 16.5. The molecule has 0 unspecified atom stereocenters. The monoisotopic (exact) mass is 280 g/mol. The summed E-state index contributed by atoms with van der Waals surface area (Å²) in [5, 5.41) is 10.9. The SMILES string of the molecule is O=C(OCc1ccccc1)c1ccc(-n2cnnn2)cc1. The van der Waals surface area contributed by atoms with Crippen LogP contribution in [0.5, 0.6) is 0 Å². The van der Waals surface area contributed by atoms with Crippen LogP contribution in [-0.2, 0) is 11.3 Å². The van der Waals surface area contributed by atoms with Gasteiger partial charge >= 0.3 is 5.97 Å². The number of carbonyl (C=O) groups is 1. The maximum atomic E-state index is 11.9. The highest BCUT2D eigenvalue weighted by Gasteiger charge is 2.08. The predicted molar refractivity (Wildman–Crippen MR) is 74.7 cm³/mol. The van der Waals surface area contributed by atoms with Gasteiger partial charge in [-0.15, -0.1) is 5.10 Å². The molecule has 2 aromatic carbocycles. The predicted octanol–water partition coefficient (Wildman–Crippen LogP) is 2.02. The summed E-state index contributed by atoms with van der Waals surface area (Å²) in [7, 11) is 0. The fraction of sp³-hybridized carbons (Fsp3) is 0.0667. The van der Waals surface area contributed by atoms with E-state index in [1.807, 2.05) is 30.3 Å². The van der Waals surface area contributed by atoms with Crippen molar-refractivity contribution in [3.05, 3.63) is 72.1 Å². The van der Waals surface area contributed by atoms with Crippen LogP contribution in [0.4, 0.5) is 0 Å². The van der Waals surface area contributed by atoms with Crippen LogP contribution < -0.4 is 0 Å². The van der Waals surface area contributed by atoms with E-state index in [1.165, 1.54) is 11.0 Å². The second kappa shape index (κ2) is 5.96. The Morgan fingerprint density at radius 2 is 1.81 bits per heavy atom. The van der Waals surface area contributed by atoms with E-state index < -0.39 is 0 Å². The lowest BCUT2D eigenvalue weighted by atomic mass is 10.2. The molecule has 6 heteroatoms. The molecule has 3 aromatic rings. The van der Waals surface area contributed by atoms with Gasteiger partial charge in [-0.2, -0.15) is 0 Å². The number of hydrogen-bond acceptors (Lipinski definition) is 5. The van der Waals surface area contributed by atoms with Crippen molar-refractivity contribution in [1.29, 1.82) is 0 Å². The molecule has 1 aromatic heterocycles. The first kappa shape index (κ1) is 13.0. The number of rotatable bonds is 4. The van der Waals surface area contributed by atoms with E-state index >= 15 is 0 Å². The van der Waals surface area contributed by atoms with Crippen LogP contribution in [0, 0.1) is 0 Å². The van der Waals surface area contributed by atoms with Gasteiger partial charge in [-0.3, -0.25) is 0 Å². The zero-order valence-corrected chi connectivity index (χ0v) is 11.1. The number of aromatic nitrogens is 4. The molecule has 0 N–H and O–H groups in total. The maximum absolute atomic E-state index is 11.9. The lowest BCUT2D eigenvalue weighted by Crippen LogP contribution is -2.05. The highest BCUT2D eigenvalue weighted by molar-refractivity contribution is 5.89. The Labute approximate surface area is 121 Å². The van der Waals surface area contributed by atoms with Gasteiger partial charge in [0.05, 0.1) is 11.3 Å². The fourth-order valence-electron chi connectivity index (χ4n) is 1.84. The maximum Gasteiger partial charge on any atom is 0.338 e. The second-order valence-corrected chi connectivity index (χ2v) is 4.36. The van der Waals surface area contributed by atoms with E-state index in [0.29, 0.717) is 5.56 Å². The molecule has 0 aliphatic rings. The molecule has 0 radical (unpaired) electrons. The highest BCUT2D eigenvalue weighted by Crippen LogP contribution is 2.10. The first-order chi connectivity index (χ1) is 10.3. The molecular weight excluding hydrogens is 268 g/mol. The van der Waals surface area contributed by atoms with Gasteiger partial charge in [0, 0.05) is 0 Å². The average molecular weight is 280 g/mol. The Kier molecular flexibility index (Phi) is 3.68. The molecule has 6 nitrogen and oxygen atoms in total. The van der Waals surface area contributed by atoms with Crippen molar-refractivity contribution in [2.75, 3.05) is 0 Å². The molecule has 0 spiro atoms. The molecule has 104 valence electrons. The Balaban J connectivity index is 1.65. The minimum absolute atomic E-state index is 0.258. The van der Waals surface area contributed by atoms with Crippen molar-refractivity contribution >= 4 is 5.97 Å². The Morgan fingerprint density at radius 1 is 1.05 bits per heavy atom. The number of hydrogen-bond donors (Lipinski definition) is 0. The molecule has 0 amide bonds. The van der Waals surface area contributed by atoms with Crippen LogP contribution in [0.2, 0.25) is 0 Å². The van der Waals surface area contributed by atoms with Crippen LogP contribution in [-0.4, -0.2) is 26.2 Å². The van der Waals surface area contributed by atoms with E-state index in [2.05, 4.69) is 15.5 Å². The van der Waals surface area contributed by atoms with Gasteiger partial charge < -0.3 is 4.74 Å². The summed E-state index contributed by atoms with van der Waals surface area (Å²) in [6.45, 7) is 0.258. The first-order valence-corrected chi connectivity index (χ1v) is 6.37. The van der Waals surface area contributed by atoms with Gasteiger partial charge in [0.25, 0.3) is 0 Å². The van der Waals surface area contributed by atoms with Gasteiger partial charge in [0.2, 0.25) is 0 Å². The molecular formula is C15H12N4O2. The Bertz CT molecular complexity index is 709. The summed E-state index contributed by atoms with van der Waals surface area (Å²) in [6, 6.07) is 16.4. The largest absolute Gasteiger partial charge is 0.457 e. The number of carbonyl (C=O) groups excluding carboxylic acids is 1. The van der Waals surface area contributed by atoms with E-state index in [1.54, 1.807) is 24.3 Å². The minimum Gasteiger partial charge on any atom is -0.457 e. The van der Waals surface area contributed by atoms with Crippen molar-refractivity contribution in [2.45, 2.75) is 6.61 Å². The number of esters is 1. The van der Waals surface area contributed by atoms with Crippen molar-refractivity contribution in [3.8, 4) is 5.69 Å². The third kappa shape index (κ3) is 3.11. The van der Waals surface area contributed by atoms with Crippen LogP contribution in [0.3, 0.4) is 0 Å². The summed E-state index contributed by atoms with van der Waals surface area (Å²) in [4.78, 5) is 11.9. The third-order valence-corrected chi connectivity index (χ3v) is 2.93. The summed E-state index contributed by atoms with van der Waals surface area (Å²) in [5.41, 5.74) is 2.22. The zero-order chi connectivity index (χ0) is 14.5. The minimum atomic E-state index is -0.359. The van der Waals surface area contributed by atoms with Gasteiger partial charge in [0.1, 0.15) is 12.9 Å².